The molecule has 0 bridgehead atoms. The molecule has 0 N–H and O–H groups in total. The van der Waals surface area contributed by atoms with Gasteiger partial charge >= 0.3 is 12.1 Å². The zero-order valence-electron chi connectivity index (χ0n) is 9.20. The van der Waals surface area contributed by atoms with Crippen LogP contribution in [-0.4, -0.2) is 18.7 Å². The van der Waals surface area contributed by atoms with Gasteiger partial charge in [-0.3, -0.25) is 0 Å². The minimum absolute atomic E-state index is 0.0830. The van der Waals surface area contributed by atoms with Crippen LogP contribution >= 0.6 is 15.9 Å². The van der Waals surface area contributed by atoms with Crippen LogP contribution in [0.1, 0.15) is 5.56 Å². The van der Waals surface area contributed by atoms with Gasteiger partial charge in [0.05, 0.1) is 4.47 Å². The average molecular weight is 349 g/mol. The molecule has 0 amide bonds. The lowest BCUT2D eigenvalue weighted by atomic mass is 10.2. The van der Waals surface area contributed by atoms with Crippen molar-refractivity contribution in [2.24, 2.45) is 0 Å². The normalized spacial score (nSPS) is 12.4. The third kappa shape index (κ3) is 3.65. The third-order valence-electron chi connectivity index (χ3n) is 2.07. The van der Waals surface area contributed by atoms with Crippen molar-refractivity contribution in [1.29, 1.82) is 0 Å². The Kier molecular flexibility index (Phi) is 4.54. The maximum atomic E-state index is 13.4. The summed E-state index contributed by atoms with van der Waals surface area (Å²) < 4.78 is 78.6. The quantitative estimate of drug-likeness (QED) is 0.709. The van der Waals surface area contributed by atoms with Crippen molar-refractivity contribution < 1.29 is 31.1 Å². The summed E-state index contributed by atoms with van der Waals surface area (Å²) in [7, 11) is 0. The monoisotopic (exact) mass is 348 g/mol. The Morgan fingerprint density at radius 1 is 1.21 bits per heavy atom. The molecule has 0 fully saturated rings. The SMILES string of the molecule is C=Cc1cc(F)c(OCC(F)(F)C(F)(F)F)c(Br)c1. The predicted molar refractivity (Wildman–Crippen MR) is 60.7 cm³/mol. The van der Waals surface area contributed by atoms with E-state index in [1.165, 1.54) is 12.1 Å². The molecule has 0 saturated carbocycles. The first-order chi connectivity index (χ1) is 8.58. The van der Waals surface area contributed by atoms with Crippen LogP contribution in [0.2, 0.25) is 0 Å². The maximum Gasteiger partial charge on any atom is 0.456 e. The van der Waals surface area contributed by atoms with E-state index in [9.17, 15) is 26.3 Å². The van der Waals surface area contributed by atoms with Gasteiger partial charge in [0, 0.05) is 0 Å². The van der Waals surface area contributed by atoms with Gasteiger partial charge in [-0.15, -0.1) is 0 Å². The van der Waals surface area contributed by atoms with E-state index in [0.717, 1.165) is 6.07 Å². The number of alkyl halides is 5. The first-order valence-electron chi connectivity index (χ1n) is 4.77. The molecule has 0 heterocycles. The molecule has 0 aliphatic heterocycles. The van der Waals surface area contributed by atoms with Gasteiger partial charge in [0.25, 0.3) is 0 Å². The number of hydrogen-bond donors (Lipinski definition) is 0. The highest BCUT2D eigenvalue weighted by molar-refractivity contribution is 9.10. The van der Waals surface area contributed by atoms with Crippen molar-refractivity contribution in [2.75, 3.05) is 6.61 Å². The molecule has 1 aromatic carbocycles. The molecule has 0 radical (unpaired) electrons. The summed E-state index contributed by atoms with van der Waals surface area (Å²) in [6.45, 7) is 1.36. The van der Waals surface area contributed by atoms with Crippen LogP contribution in [0.5, 0.6) is 5.75 Å². The van der Waals surface area contributed by atoms with Crippen LogP contribution in [0.4, 0.5) is 26.3 Å². The molecule has 0 saturated heterocycles. The molecule has 0 spiro atoms. The average Bonchev–Trinajstić information content (AvgIpc) is 2.25. The molecule has 8 heteroatoms. The van der Waals surface area contributed by atoms with Crippen LogP contribution in [0.15, 0.2) is 23.2 Å². The van der Waals surface area contributed by atoms with Gasteiger partial charge in [0.2, 0.25) is 0 Å². The number of hydrogen-bond acceptors (Lipinski definition) is 1. The second kappa shape index (κ2) is 5.44. The molecule has 0 atom stereocenters. The molecule has 106 valence electrons. The summed E-state index contributed by atoms with van der Waals surface area (Å²) >= 11 is 2.82. The molecule has 0 aliphatic rings. The number of halogens is 7. The van der Waals surface area contributed by atoms with Gasteiger partial charge in [-0.05, 0) is 33.6 Å². The van der Waals surface area contributed by atoms with E-state index in [0.29, 0.717) is 5.56 Å². The van der Waals surface area contributed by atoms with Gasteiger partial charge in [-0.25, -0.2) is 4.39 Å². The Balaban J connectivity index is 2.93. The van der Waals surface area contributed by atoms with Crippen LogP contribution in [0, 0.1) is 5.82 Å². The van der Waals surface area contributed by atoms with E-state index in [1.54, 1.807) is 0 Å². The molecule has 1 rings (SSSR count). The van der Waals surface area contributed by atoms with Crippen molar-refractivity contribution in [3.8, 4) is 5.75 Å². The van der Waals surface area contributed by atoms with E-state index < -0.39 is 30.3 Å². The predicted octanol–water partition coefficient (Wildman–Crippen LogP) is 4.81. The van der Waals surface area contributed by atoms with Crippen LogP contribution < -0.4 is 4.74 Å². The summed E-state index contributed by atoms with van der Waals surface area (Å²) in [5.74, 6) is -6.84. The van der Waals surface area contributed by atoms with Crippen LogP contribution in [0.3, 0.4) is 0 Å². The number of ether oxygens (including phenoxy) is 1. The minimum atomic E-state index is -5.75. The van der Waals surface area contributed by atoms with Gasteiger partial charge in [0.1, 0.15) is 0 Å². The molecular weight excluding hydrogens is 342 g/mol. The van der Waals surface area contributed by atoms with Gasteiger partial charge < -0.3 is 4.74 Å². The lowest BCUT2D eigenvalue weighted by Crippen LogP contribution is -2.41. The second-order valence-corrected chi connectivity index (χ2v) is 4.36. The van der Waals surface area contributed by atoms with E-state index in [4.69, 9.17) is 0 Å². The highest BCUT2D eigenvalue weighted by Crippen LogP contribution is 2.37. The Bertz CT molecular complexity index is 460. The topological polar surface area (TPSA) is 9.23 Å². The van der Waals surface area contributed by atoms with Crippen molar-refractivity contribution in [3.63, 3.8) is 0 Å². The zero-order valence-corrected chi connectivity index (χ0v) is 10.8. The lowest BCUT2D eigenvalue weighted by molar-refractivity contribution is -0.290. The van der Waals surface area contributed by atoms with Crippen molar-refractivity contribution in [3.05, 3.63) is 34.6 Å². The minimum Gasteiger partial charge on any atom is -0.483 e. The van der Waals surface area contributed by atoms with Crippen LogP contribution in [0.25, 0.3) is 6.08 Å². The fourth-order valence-electron chi connectivity index (χ4n) is 1.08. The molecule has 0 aliphatic carbocycles. The van der Waals surface area contributed by atoms with Gasteiger partial charge in [-0.2, -0.15) is 22.0 Å². The van der Waals surface area contributed by atoms with E-state index in [-0.39, 0.29) is 4.47 Å². The van der Waals surface area contributed by atoms with E-state index in [2.05, 4.69) is 27.2 Å². The van der Waals surface area contributed by atoms with E-state index in [1.807, 2.05) is 0 Å². The summed E-state index contributed by atoms with van der Waals surface area (Å²) in [4.78, 5) is 0. The van der Waals surface area contributed by atoms with E-state index >= 15 is 0 Å². The van der Waals surface area contributed by atoms with Gasteiger partial charge in [-0.1, -0.05) is 12.7 Å². The first-order valence-corrected chi connectivity index (χ1v) is 5.56. The number of benzene rings is 1. The maximum absolute atomic E-state index is 13.4. The first kappa shape index (κ1) is 15.9. The van der Waals surface area contributed by atoms with Gasteiger partial charge in [0.15, 0.2) is 18.2 Å². The molecule has 0 aromatic heterocycles. The smallest absolute Gasteiger partial charge is 0.456 e. The standard InChI is InChI=1S/C11H7BrF6O/c1-2-6-3-7(12)9(8(13)4-6)19-5-10(14,15)11(16,17)18/h2-4H,1,5H2. The van der Waals surface area contributed by atoms with Crippen LogP contribution in [-0.2, 0) is 0 Å². The Morgan fingerprint density at radius 3 is 2.21 bits per heavy atom. The van der Waals surface area contributed by atoms with Crippen molar-refractivity contribution in [2.45, 2.75) is 12.1 Å². The zero-order chi connectivity index (χ0) is 14.8. The number of rotatable bonds is 4. The summed E-state index contributed by atoms with van der Waals surface area (Å²) in [6.07, 6.45) is -4.47. The summed E-state index contributed by atoms with van der Waals surface area (Å²) in [5, 5.41) is 0. The Labute approximate surface area is 113 Å². The summed E-state index contributed by atoms with van der Waals surface area (Å²) in [5.41, 5.74) is 0.319. The summed E-state index contributed by atoms with van der Waals surface area (Å²) in [6, 6.07) is 2.18. The Hall–Kier alpha value is -1.18. The van der Waals surface area contributed by atoms with Crippen molar-refractivity contribution in [1.82, 2.24) is 0 Å². The fraction of sp³-hybridized carbons (Fsp3) is 0.273. The Morgan fingerprint density at radius 2 is 1.79 bits per heavy atom. The largest absolute Gasteiger partial charge is 0.483 e. The second-order valence-electron chi connectivity index (χ2n) is 3.51. The highest BCUT2D eigenvalue weighted by atomic mass is 79.9. The fourth-order valence-corrected chi connectivity index (χ4v) is 1.65. The van der Waals surface area contributed by atoms with Crippen molar-refractivity contribution >= 4 is 22.0 Å². The highest BCUT2D eigenvalue weighted by Gasteiger charge is 2.58. The molecule has 1 nitrogen and oxygen atoms in total. The molecule has 0 unspecified atom stereocenters. The molecule has 1 aromatic rings. The third-order valence-corrected chi connectivity index (χ3v) is 2.66. The molecular formula is C11H7BrF6O. The molecule has 19 heavy (non-hydrogen) atoms. The lowest BCUT2D eigenvalue weighted by Gasteiger charge is -2.20.